The van der Waals surface area contributed by atoms with Gasteiger partial charge < -0.3 is 14.7 Å². The van der Waals surface area contributed by atoms with Gasteiger partial charge >= 0.3 is 0 Å². The predicted octanol–water partition coefficient (Wildman–Crippen LogP) is 2.39. The van der Waals surface area contributed by atoms with E-state index in [0.29, 0.717) is 18.0 Å². The molecule has 1 unspecified atom stereocenters. The first-order valence-corrected chi connectivity index (χ1v) is 6.39. The van der Waals surface area contributed by atoms with Gasteiger partial charge in [0.1, 0.15) is 11.6 Å². The summed E-state index contributed by atoms with van der Waals surface area (Å²) in [5.41, 5.74) is 0.634. The SMILES string of the molecule is CN(Cc1cc(F)ccc1O)CC1CCCOC1. The molecule has 1 saturated heterocycles. The standard InChI is InChI=1S/C14H20FNO2/c1-16(8-11-3-2-6-18-10-11)9-12-7-13(15)4-5-14(12)17/h4-5,7,11,17H,2-3,6,8-10H2,1H3. The summed E-state index contributed by atoms with van der Waals surface area (Å²) in [6, 6.07) is 4.07. The fourth-order valence-electron chi connectivity index (χ4n) is 2.43. The maximum atomic E-state index is 13.1. The van der Waals surface area contributed by atoms with Crippen molar-refractivity contribution in [2.24, 2.45) is 5.92 Å². The summed E-state index contributed by atoms with van der Waals surface area (Å²) in [5.74, 6) is 0.389. The molecule has 0 bridgehead atoms. The van der Waals surface area contributed by atoms with Crippen LogP contribution in [0.25, 0.3) is 0 Å². The summed E-state index contributed by atoms with van der Waals surface area (Å²) in [7, 11) is 1.99. The van der Waals surface area contributed by atoms with Gasteiger partial charge in [0.05, 0.1) is 6.61 Å². The van der Waals surface area contributed by atoms with Crippen molar-refractivity contribution in [3.05, 3.63) is 29.6 Å². The molecule has 0 radical (unpaired) electrons. The van der Waals surface area contributed by atoms with E-state index in [9.17, 15) is 9.50 Å². The lowest BCUT2D eigenvalue weighted by Crippen LogP contribution is -2.30. The van der Waals surface area contributed by atoms with E-state index in [1.54, 1.807) is 0 Å². The van der Waals surface area contributed by atoms with E-state index in [1.807, 2.05) is 7.05 Å². The van der Waals surface area contributed by atoms with Crippen LogP contribution in [0.5, 0.6) is 5.75 Å². The molecular weight excluding hydrogens is 233 g/mol. The molecule has 3 nitrogen and oxygen atoms in total. The third kappa shape index (κ3) is 3.68. The molecule has 1 heterocycles. The smallest absolute Gasteiger partial charge is 0.123 e. The summed E-state index contributed by atoms with van der Waals surface area (Å²) in [6.45, 7) is 3.14. The van der Waals surface area contributed by atoms with Crippen molar-refractivity contribution in [3.63, 3.8) is 0 Å². The second kappa shape index (κ2) is 6.16. The lowest BCUT2D eigenvalue weighted by molar-refractivity contribution is 0.0411. The fourth-order valence-corrected chi connectivity index (χ4v) is 2.43. The largest absolute Gasteiger partial charge is 0.508 e. The molecule has 1 atom stereocenters. The Labute approximate surface area is 107 Å². The first-order valence-electron chi connectivity index (χ1n) is 6.39. The molecule has 1 aliphatic heterocycles. The zero-order chi connectivity index (χ0) is 13.0. The van der Waals surface area contributed by atoms with E-state index in [4.69, 9.17) is 4.74 Å². The summed E-state index contributed by atoms with van der Waals surface area (Å²) >= 11 is 0. The molecule has 1 fully saturated rings. The third-order valence-electron chi connectivity index (χ3n) is 3.31. The molecule has 0 saturated carbocycles. The second-order valence-electron chi connectivity index (χ2n) is 5.05. The Balaban J connectivity index is 1.89. The predicted molar refractivity (Wildman–Crippen MR) is 67.9 cm³/mol. The van der Waals surface area contributed by atoms with Crippen molar-refractivity contribution in [1.29, 1.82) is 0 Å². The van der Waals surface area contributed by atoms with Crippen LogP contribution in [0.4, 0.5) is 4.39 Å². The van der Waals surface area contributed by atoms with Gasteiger partial charge in [0.15, 0.2) is 0 Å². The van der Waals surface area contributed by atoms with E-state index in [1.165, 1.54) is 24.6 Å². The van der Waals surface area contributed by atoms with Crippen molar-refractivity contribution >= 4 is 0 Å². The monoisotopic (exact) mass is 253 g/mol. The molecule has 0 aliphatic carbocycles. The highest BCUT2D eigenvalue weighted by molar-refractivity contribution is 5.32. The molecule has 4 heteroatoms. The van der Waals surface area contributed by atoms with Crippen molar-refractivity contribution in [2.75, 3.05) is 26.8 Å². The number of phenolic OH excluding ortho intramolecular Hbond substituents is 1. The van der Waals surface area contributed by atoms with Gasteiger partial charge in [-0.25, -0.2) is 4.39 Å². The number of benzene rings is 1. The lowest BCUT2D eigenvalue weighted by Gasteiger charge is -2.27. The van der Waals surface area contributed by atoms with Crippen LogP contribution in [0.15, 0.2) is 18.2 Å². The normalized spacial score (nSPS) is 20.3. The topological polar surface area (TPSA) is 32.7 Å². The van der Waals surface area contributed by atoms with E-state index < -0.39 is 0 Å². The molecule has 2 rings (SSSR count). The van der Waals surface area contributed by atoms with Gasteiger partial charge in [0.2, 0.25) is 0 Å². The highest BCUT2D eigenvalue weighted by Crippen LogP contribution is 2.21. The zero-order valence-electron chi connectivity index (χ0n) is 10.7. The van der Waals surface area contributed by atoms with Gasteiger partial charge in [-0.15, -0.1) is 0 Å². The highest BCUT2D eigenvalue weighted by Gasteiger charge is 2.16. The number of hydrogen-bond acceptors (Lipinski definition) is 3. The average Bonchev–Trinajstić information content (AvgIpc) is 2.35. The van der Waals surface area contributed by atoms with Gasteiger partial charge in [0, 0.05) is 25.3 Å². The zero-order valence-corrected chi connectivity index (χ0v) is 10.7. The van der Waals surface area contributed by atoms with Gasteiger partial charge in [-0.1, -0.05) is 0 Å². The molecule has 0 aromatic heterocycles. The Bertz CT molecular complexity index is 391. The second-order valence-corrected chi connectivity index (χ2v) is 5.05. The minimum atomic E-state index is -0.308. The number of halogens is 1. The van der Waals surface area contributed by atoms with E-state index in [2.05, 4.69) is 4.90 Å². The van der Waals surface area contributed by atoms with Crippen LogP contribution in [0, 0.1) is 11.7 Å². The van der Waals surface area contributed by atoms with Crippen molar-refractivity contribution < 1.29 is 14.2 Å². The van der Waals surface area contributed by atoms with Crippen LogP contribution in [0.3, 0.4) is 0 Å². The summed E-state index contributed by atoms with van der Waals surface area (Å²) in [6.07, 6.45) is 2.29. The molecule has 1 aromatic carbocycles. The quantitative estimate of drug-likeness (QED) is 0.894. The molecular formula is C14H20FNO2. The Hall–Kier alpha value is -1.13. The summed E-state index contributed by atoms with van der Waals surface area (Å²) < 4.78 is 18.5. The average molecular weight is 253 g/mol. The Kier molecular flexibility index (Phi) is 4.55. The molecule has 18 heavy (non-hydrogen) atoms. The van der Waals surface area contributed by atoms with Crippen molar-refractivity contribution in [3.8, 4) is 5.75 Å². The molecule has 1 N–H and O–H groups in total. The van der Waals surface area contributed by atoms with Crippen molar-refractivity contribution in [2.45, 2.75) is 19.4 Å². The van der Waals surface area contributed by atoms with Crippen LogP contribution >= 0.6 is 0 Å². The lowest BCUT2D eigenvalue weighted by atomic mass is 10.0. The third-order valence-corrected chi connectivity index (χ3v) is 3.31. The van der Waals surface area contributed by atoms with Gasteiger partial charge in [-0.2, -0.15) is 0 Å². The van der Waals surface area contributed by atoms with E-state index in [0.717, 1.165) is 26.2 Å². The molecule has 0 amide bonds. The first kappa shape index (κ1) is 13.3. The van der Waals surface area contributed by atoms with Crippen LogP contribution in [-0.2, 0) is 11.3 Å². The molecule has 100 valence electrons. The minimum absolute atomic E-state index is 0.156. The number of aromatic hydroxyl groups is 1. The van der Waals surface area contributed by atoms with Gasteiger partial charge in [-0.3, -0.25) is 0 Å². The Morgan fingerprint density at radius 1 is 1.50 bits per heavy atom. The number of nitrogens with zero attached hydrogens (tertiary/aromatic N) is 1. The number of hydrogen-bond donors (Lipinski definition) is 1. The summed E-state index contributed by atoms with van der Waals surface area (Å²) in [4.78, 5) is 2.10. The maximum absolute atomic E-state index is 13.1. The highest BCUT2D eigenvalue weighted by atomic mass is 19.1. The van der Waals surface area contributed by atoms with Crippen LogP contribution in [0.1, 0.15) is 18.4 Å². The number of phenols is 1. The van der Waals surface area contributed by atoms with E-state index >= 15 is 0 Å². The van der Waals surface area contributed by atoms with Crippen LogP contribution < -0.4 is 0 Å². The van der Waals surface area contributed by atoms with E-state index in [-0.39, 0.29) is 11.6 Å². The fraction of sp³-hybridized carbons (Fsp3) is 0.571. The van der Waals surface area contributed by atoms with Crippen LogP contribution in [0.2, 0.25) is 0 Å². The number of rotatable bonds is 4. The van der Waals surface area contributed by atoms with Crippen molar-refractivity contribution in [1.82, 2.24) is 4.90 Å². The molecule has 0 spiro atoms. The van der Waals surface area contributed by atoms with Gasteiger partial charge in [0.25, 0.3) is 0 Å². The molecule has 1 aromatic rings. The van der Waals surface area contributed by atoms with Gasteiger partial charge in [-0.05, 0) is 44.0 Å². The summed E-state index contributed by atoms with van der Waals surface area (Å²) in [5, 5.41) is 9.67. The molecule has 1 aliphatic rings. The minimum Gasteiger partial charge on any atom is -0.508 e. The van der Waals surface area contributed by atoms with Crippen LogP contribution in [-0.4, -0.2) is 36.8 Å². The first-order chi connectivity index (χ1) is 8.65. The maximum Gasteiger partial charge on any atom is 0.123 e. The Morgan fingerprint density at radius 2 is 2.33 bits per heavy atom. The number of ether oxygens (including phenoxy) is 1. The Morgan fingerprint density at radius 3 is 3.06 bits per heavy atom.